The van der Waals surface area contributed by atoms with Gasteiger partial charge in [-0.15, -0.1) is 5.10 Å². The molecule has 0 spiro atoms. The van der Waals surface area contributed by atoms with Gasteiger partial charge in [0.05, 0.1) is 12.1 Å². The Morgan fingerprint density at radius 3 is 2.68 bits per heavy atom. The molecule has 25 heavy (non-hydrogen) atoms. The number of aryl methyl sites for hydroxylation is 1. The molecule has 1 fully saturated rings. The number of hydrogen-bond acceptors (Lipinski definition) is 7. The third kappa shape index (κ3) is 3.36. The highest BCUT2D eigenvalue weighted by Crippen LogP contribution is 2.20. The minimum atomic E-state index is -0.356. The topological polar surface area (TPSA) is 87.0 Å². The van der Waals surface area contributed by atoms with E-state index in [1.54, 1.807) is 18.2 Å². The molecule has 3 heterocycles. The summed E-state index contributed by atoms with van der Waals surface area (Å²) in [5.41, 5.74) is 0.349. The maximum Gasteiger partial charge on any atom is 0.244 e. The van der Waals surface area contributed by atoms with Crippen molar-refractivity contribution >= 4 is 5.95 Å². The van der Waals surface area contributed by atoms with Gasteiger partial charge in [-0.2, -0.15) is 9.97 Å². The van der Waals surface area contributed by atoms with Gasteiger partial charge in [0.25, 0.3) is 0 Å². The van der Waals surface area contributed by atoms with Crippen molar-refractivity contribution in [3.05, 3.63) is 41.8 Å². The van der Waals surface area contributed by atoms with E-state index in [0.717, 1.165) is 38.0 Å². The summed E-state index contributed by atoms with van der Waals surface area (Å²) in [7, 11) is 0. The highest BCUT2D eigenvalue weighted by molar-refractivity contribution is 5.54. The van der Waals surface area contributed by atoms with E-state index in [1.807, 2.05) is 6.92 Å². The number of nitrogens with one attached hydrogen (secondary N) is 1. The van der Waals surface area contributed by atoms with Crippen molar-refractivity contribution < 1.29 is 8.91 Å². The molecule has 9 heteroatoms. The number of H-pyrrole nitrogens is 1. The summed E-state index contributed by atoms with van der Waals surface area (Å²) in [4.78, 5) is 13.0. The molecule has 0 radical (unpaired) electrons. The van der Waals surface area contributed by atoms with E-state index in [-0.39, 0.29) is 11.6 Å². The van der Waals surface area contributed by atoms with Gasteiger partial charge < -0.3 is 9.42 Å². The molecule has 0 bridgehead atoms. The summed E-state index contributed by atoms with van der Waals surface area (Å²) >= 11 is 0. The van der Waals surface area contributed by atoms with Gasteiger partial charge in [0.15, 0.2) is 0 Å². The molecule has 130 valence electrons. The minimum absolute atomic E-state index is 0.280. The smallest absolute Gasteiger partial charge is 0.244 e. The standard InChI is InChI=1S/C16H18FN7O/c1-11-18-16(21-20-11)24-8-6-23(7-9-24)10-14-19-15(22-25-14)12-4-2-3-5-13(12)17/h2-5H,6-10H2,1H3,(H,18,20,21). The number of piperazine rings is 1. The number of anilines is 1. The van der Waals surface area contributed by atoms with Crippen LogP contribution in [0, 0.1) is 12.7 Å². The first-order valence-electron chi connectivity index (χ1n) is 8.13. The van der Waals surface area contributed by atoms with Crippen LogP contribution in [0.3, 0.4) is 0 Å². The molecule has 0 saturated carbocycles. The van der Waals surface area contributed by atoms with Gasteiger partial charge in [0.1, 0.15) is 11.6 Å². The van der Waals surface area contributed by atoms with Crippen LogP contribution >= 0.6 is 0 Å². The Morgan fingerprint density at radius 1 is 1.16 bits per heavy atom. The van der Waals surface area contributed by atoms with Gasteiger partial charge >= 0.3 is 0 Å². The zero-order valence-corrected chi connectivity index (χ0v) is 13.8. The second kappa shape index (κ2) is 6.60. The molecular weight excluding hydrogens is 325 g/mol. The summed E-state index contributed by atoms with van der Waals surface area (Å²) in [6, 6.07) is 6.41. The predicted molar refractivity (Wildman–Crippen MR) is 88.3 cm³/mol. The molecular formula is C16H18FN7O. The van der Waals surface area contributed by atoms with E-state index in [9.17, 15) is 4.39 Å². The number of benzene rings is 1. The van der Waals surface area contributed by atoms with Gasteiger partial charge in [-0.3, -0.25) is 10.00 Å². The van der Waals surface area contributed by atoms with Crippen LogP contribution in [-0.2, 0) is 6.54 Å². The minimum Gasteiger partial charge on any atom is -0.338 e. The molecule has 0 atom stereocenters. The fraction of sp³-hybridized carbons (Fsp3) is 0.375. The summed E-state index contributed by atoms with van der Waals surface area (Å²) in [5.74, 6) is 1.95. The second-order valence-electron chi connectivity index (χ2n) is 5.98. The van der Waals surface area contributed by atoms with Gasteiger partial charge in [-0.25, -0.2) is 4.39 Å². The molecule has 1 N–H and O–H groups in total. The lowest BCUT2D eigenvalue weighted by atomic mass is 10.2. The predicted octanol–water partition coefficient (Wildman–Crippen LogP) is 1.62. The third-order valence-electron chi connectivity index (χ3n) is 4.18. The largest absolute Gasteiger partial charge is 0.338 e. The van der Waals surface area contributed by atoms with Gasteiger partial charge in [0, 0.05) is 26.2 Å². The van der Waals surface area contributed by atoms with Crippen LogP contribution in [0.25, 0.3) is 11.4 Å². The van der Waals surface area contributed by atoms with Crippen LogP contribution in [0.5, 0.6) is 0 Å². The Kier molecular flexibility index (Phi) is 4.14. The zero-order chi connectivity index (χ0) is 17.2. The lowest BCUT2D eigenvalue weighted by Gasteiger charge is -2.33. The van der Waals surface area contributed by atoms with Crippen molar-refractivity contribution in [2.45, 2.75) is 13.5 Å². The second-order valence-corrected chi connectivity index (χ2v) is 5.98. The van der Waals surface area contributed by atoms with Crippen LogP contribution in [-0.4, -0.2) is 56.4 Å². The number of aromatic nitrogens is 5. The fourth-order valence-electron chi connectivity index (χ4n) is 2.84. The average molecular weight is 343 g/mol. The van der Waals surface area contributed by atoms with Crippen LogP contribution in [0.15, 0.2) is 28.8 Å². The number of halogens is 1. The number of hydrogen-bond donors (Lipinski definition) is 1. The van der Waals surface area contributed by atoms with Crippen LogP contribution in [0.1, 0.15) is 11.7 Å². The molecule has 1 saturated heterocycles. The van der Waals surface area contributed by atoms with Crippen LogP contribution < -0.4 is 4.90 Å². The van der Waals surface area contributed by atoms with Crippen molar-refractivity contribution in [2.75, 3.05) is 31.1 Å². The molecule has 8 nitrogen and oxygen atoms in total. The van der Waals surface area contributed by atoms with Crippen molar-refractivity contribution in [3.63, 3.8) is 0 Å². The SMILES string of the molecule is Cc1nc(N2CCN(Cc3nc(-c4ccccc4F)no3)CC2)n[nH]1. The van der Waals surface area contributed by atoms with E-state index in [0.29, 0.717) is 18.0 Å². The van der Waals surface area contributed by atoms with E-state index >= 15 is 0 Å². The number of nitrogens with zero attached hydrogens (tertiary/aromatic N) is 6. The number of aromatic amines is 1. The molecule has 1 aromatic carbocycles. The van der Waals surface area contributed by atoms with Gasteiger partial charge in [-0.05, 0) is 19.1 Å². The Labute approximate surface area is 143 Å². The zero-order valence-electron chi connectivity index (χ0n) is 13.8. The van der Waals surface area contributed by atoms with Crippen molar-refractivity contribution in [2.24, 2.45) is 0 Å². The van der Waals surface area contributed by atoms with Crippen LogP contribution in [0.4, 0.5) is 10.3 Å². The molecule has 0 aliphatic carbocycles. The maximum absolute atomic E-state index is 13.8. The normalized spacial score (nSPS) is 15.7. The van der Waals surface area contributed by atoms with E-state index < -0.39 is 0 Å². The Morgan fingerprint density at radius 2 is 1.96 bits per heavy atom. The average Bonchev–Trinajstić information content (AvgIpc) is 3.25. The van der Waals surface area contributed by atoms with Crippen molar-refractivity contribution in [1.82, 2.24) is 30.2 Å². The highest BCUT2D eigenvalue weighted by Gasteiger charge is 2.22. The summed E-state index contributed by atoms with van der Waals surface area (Å²) < 4.78 is 19.1. The first-order valence-corrected chi connectivity index (χ1v) is 8.13. The van der Waals surface area contributed by atoms with Crippen LogP contribution in [0.2, 0.25) is 0 Å². The molecule has 3 aromatic rings. The van der Waals surface area contributed by atoms with Gasteiger partial charge in [-0.1, -0.05) is 17.3 Å². The van der Waals surface area contributed by atoms with Crippen molar-refractivity contribution in [3.8, 4) is 11.4 Å². The monoisotopic (exact) mass is 343 g/mol. The summed E-state index contributed by atoms with van der Waals surface area (Å²) in [5, 5.41) is 10.9. The summed E-state index contributed by atoms with van der Waals surface area (Å²) in [6.45, 7) is 5.75. The molecule has 0 unspecified atom stereocenters. The third-order valence-corrected chi connectivity index (χ3v) is 4.18. The Hall–Kier alpha value is -2.81. The lowest BCUT2D eigenvalue weighted by Crippen LogP contribution is -2.46. The molecule has 0 amide bonds. The quantitative estimate of drug-likeness (QED) is 0.770. The lowest BCUT2D eigenvalue weighted by molar-refractivity contribution is 0.214. The first kappa shape index (κ1) is 15.7. The Balaban J connectivity index is 1.37. The van der Waals surface area contributed by atoms with E-state index in [4.69, 9.17) is 4.52 Å². The molecule has 1 aliphatic rings. The van der Waals surface area contributed by atoms with E-state index in [1.165, 1.54) is 6.07 Å². The van der Waals surface area contributed by atoms with Crippen molar-refractivity contribution in [1.29, 1.82) is 0 Å². The molecule has 4 rings (SSSR count). The maximum atomic E-state index is 13.8. The van der Waals surface area contributed by atoms with E-state index in [2.05, 4.69) is 35.1 Å². The Bertz CT molecular complexity index is 854. The number of rotatable bonds is 4. The molecule has 2 aromatic heterocycles. The first-order chi connectivity index (χ1) is 12.2. The molecule has 1 aliphatic heterocycles. The fourth-order valence-corrected chi connectivity index (χ4v) is 2.84. The summed E-state index contributed by atoms with van der Waals surface area (Å²) in [6.07, 6.45) is 0. The van der Waals surface area contributed by atoms with Gasteiger partial charge in [0.2, 0.25) is 17.7 Å². The highest BCUT2D eigenvalue weighted by atomic mass is 19.1.